The molecule has 0 aliphatic carbocycles. The summed E-state index contributed by atoms with van der Waals surface area (Å²) in [4.78, 5) is 28.5. The summed E-state index contributed by atoms with van der Waals surface area (Å²) in [6.07, 6.45) is 0. The molecule has 0 fully saturated rings. The molecule has 160 valence electrons. The molecule has 6 nitrogen and oxygen atoms in total. The van der Waals surface area contributed by atoms with E-state index >= 15 is 0 Å². The highest BCUT2D eigenvalue weighted by molar-refractivity contribution is 6.04. The number of rotatable bonds is 4. The van der Waals surface area contributed by atoms with Crippen LogP contribution >= 0.6 is 0 Å². The fourth-order valence-corrected chi connectivity index (χ4v) is 4.36. The number of aryl methyl sites for hydroxylation is 1. The summed E-state index contributed by atoms with van der Waals surface area (Å²) in [6.45, 7) is 2.90. The summed E-state index contributed by atoms with van der Waals surface area (Å²) >= 11 is 0. The molecule has 0 saturated heterocycles. The predicted octanol–water partition coefficient (Wildman–Crippen LogP) is 4.70. The van der Waals surface area contributed by atoms with E-state index in [1.807, 2.05) is 84.3 Å². The van der Waals surface area contributed by atoms with Gasteiger partial charge in [-0.2, -0.15) is 0 Å². The molecular formula is C27H21N5O. The lowest BCUT2D eigenvalue weighted by Crippen LogP contribution is -2.24. The van der Waals surface area contributed by atoms with E-state index in [4.69, 9.17) is 15.0 Å². The molecule has 0 amide bonds. The van der Waals surface area contributed by atoms with E-state index in [1.165, 1.54) is 0 Å². The van der Waals surface area contributed by atoms with E-state index in [1.54, 1.807) is 4.57 Å². The summed E-state index contributed by atoms with van der Waals surface area (Å²) in [5.41, 5.74) is 5.51. The first-order valence-corrected chi connectivity index (χ1v) is 10.9. The van der Waals surface area contributed by atoms with Gasteiger partial charge in [-0.3, -0.25) is 9.36 Å². The molecule has 6 heteroatoms. The number of fused-ring (bicyclic) bond motifs is 4. The van der Waals surface area contributed by atoms with Crippen molar-refractivity contribution >= 4 is 33.2 Å². The molecule has 3 heterocycles. The molecule has 3 aromatic heterocycles. The minimum atomic E-state index is -0.0947. The second kappa shape index (κ2) is 7.67. The zero-order chi connectivity index (χ0) is 22.4. The van der Waals surface area contributed by atoms with E-state index in [2.05, 4.69) is 12.1 Å². The molecule has 0 aliphatic rings. The lowest BCUT2D eigenvalue weighted by atomic mass is 10.2. The van der Waals surface area contributed by atoms with Gasteiger partial charge in [-0.05, 0) is 30.2 Å². The van der Waals surface area contributed by atoms with Crippen molar-refractivity contribution in [3.05, 3.63) is 112 Å². The van der Waals surface area contributed by atoms with Crippen LogP contribution < -0.4 is 5.56 Å². The van der Waals surface area contributed by atoms with E-state index in [9.17, 15) is 4.79 Å². The van der Waals surface area contributed by atoms with Crippen LogP contribution in [0.3, 0.4) is 0 Å². The number of nitrogens with zero attached hydrogens (tertiary/aromatic N) is 5. The van der Waals surface area contributed by atoms with Crippen molar-refractivity contribution in [3.8, 4) is 0 Å². The Morgan fingerprint density at radius 1 is 0.636 bits per heavy atom. The first-order valence-electron chi connectivity index (χ1n) is 10.9. The van der Waals surface area contributed by atoms with Crippen LogP contribution in [0, 0.1) is 6.92 Å². The van der Waals surface area contributed by atoms with Crippen molar-refractivity contribution < 1.29 is 0 Å². The maximum absolute atomic E-state index is 13.8. The molecule has 0 aliphatic heterocycles. The van der Waals surface area contributed by atoms with Crippen molar-refractivity contribution in [2.24, 2.45) is 0 Å². The Morgan fingerprint density at radius 3 is 1.82 bits per heavy atom. The van der Waals surface area contributed by atoms with Gasteiger partial charge in [-0.25, -0.2) is 15.0 Å². The SMILES string of the molecule is Cc1nc2c(c(=O)n1Cc1ccccc1)c1nc3ccccc3nc1n2Cc1ccccc1. The highest BCUT2D eigenvalue weighted by atomic mass is 16.1. The molecule has 0 atom stereocenters. The third kappa shape index (κ3) is 3.27. The molecule has 0 bridgehead atoms. The van der Waals surface area contributed by atoms with Crippen LogP contribution in [0.1, 0.15) is 17.0 Å². The van der Waals surface area contributed by atoms with E-state index in [0.717, 1.165) is 22.2 Å². The zero-order valence-corrected chi connectivity index (χ0v) is 18.1. The number of hydrogen-bond donors (Lipinski definition) is 0. The van der Waals surface area contributed by atoms with Crippen LogP contribution in [0.25, 0.3) is 33.2 Å². The van der Waals surface area contributed by atoms with Crippen molar-refractivity contribution in [2.45, 2.75) is 20.0 Å². The lowest BCUT2D eigenvalue weighted by molar-refractivity contribution is 0.707. The van der Waals surface area contributed by atoms with Crippen LogP contribution in [0.5, 0.6) is 0 Å². The Labute approximate surface area is 189 Å². The highest BCUT2D eigenvalue weighted by Gasteiger charge is 2.21. The monoisotopic (exact) mass is 431 g/mol. The van der Waals surface area contributed by atoms with Gasteiger partial charge in [0, 0.05) is 0 Å². The van der Waals surface area contributed by atoms with Gasteiger partial charge in [0.1, 0.15) is 16.7 Å². The number of benzene rings is 3. The normalized spacial score (nSPS) is 11.5. The third-order valence-corrected chi connectivity index (χ3v) is 6.01. The minimum Gasteiger partial charge on any atom is -0.304 e. The number of hydrogen-bond acceptors (Lipinski definition) is 4. The van der Waals surface area contributed by atoms with E-state index < -0.39 is 0 Å². The molecule has 6 rings (SSSR count). The largest absolute Gasteiger partial charge is 0.304 e. The highest BCUT2D eigenvalue weighted by Crippen LogP contribution is 2.26. The maximum Gasteiger partial charge on any atom is 0.265 e. The quantitative estimate of drug-likeness (QED) is 0.406. The molecule has 0 spiro atoms. The average Bonchev–Trinajstić information content (AvgIpc) is 3.13. The summed E-state index contributed by atoms with van der Waals surface area (Å²) in [7, 11) is 0. The van der Waals surface area contributed by atoms with Gasteiger partial charge >= 0.3 is 0 Å². The number of para-hydroxylation sites is 2. The van der Waals surface area contributed by atoms with Gasteiger partial charge in [0.25, 0.3) is 5.56 Å². The molecular weight excluding hydrogens is 410 g/mol. The minimum absolute atomic E-state index is 0.0947. The second-order valence-corrected chi connectivity index (χ2v) is 8.19. The van der Waals surface area contributed by atoms with Crippen LogP contribution in [0.15, 0.2) is 89.7 Å². The standard InChI is InChI=1S/C27H21N5O/c1-18-28-25-23(27(33)31(18)16-19-10-4-2-5-11-19)24-26(30-22-15-9-8-14-21(22)29-24)32(25)17-20-12-6-3-7-13-20/h2-15H,16-17H2,1H3. The summed E-state index contributed by atoms with van der Waals surface area (Å²) in [6, 6.07) is 27.8. The first-order chi connectivity index (χ1) is 16.2. The molecule has 0 N–H and O–H groups in total. The van der Waals surface area contributed by atoms with Crippen molar-refractivity contribution in [1.29, 1.82) is 0 Å². The van der Waals surface area contributed by atoms with Gasteiger partial charge in [-0.15, -0.1) is 0 Å². The molecule has 3 aromatic carbocycles. The van der Waals surface area contributed by atoms with Gasteiger partial charge < -0.3 is 4.57 Å². The predicted molar refractivity (Wildman–Crippen MR) is 130 cm³/mol. The average molecular weight is 431 g/mol. The first kappa shape index (κ1) is 19.4. The topological polar surface area (TPSA) is 65.6 Å². The Balaban J connectivity index is 1.67. The Kier molecular flexibility index (Phi) is 4.50. The third-order valence-electron chi connectivity index (χ3n) is 6.01. The van der Waals surface area contributed by atoms with Crippen molar-refractivity contribution in [3.63, 3.8) is 0 Å². The second-order valence-electron chi connectivity index (χ2n) is 8.19. The van der Waals surface area contributed by atoms with Crippen LogP contribution in [-0.4, -0.2) is 24.1 Å². The Morgan fingerprint density at radius 2 is 1.18 bits per heavy atom. The summed E-state index contributed by atoms with van der Waals surface area (Å²) in [5.74, 6) is 0.665. The molecule has 0 radical (unpaired) electrons. The fraction of sp³-hybridized carbons (Fsp3) is 0.111. The Hall–Kier alpha value is -4.32. The van der Waals surface area contributed by atoms with Gasteiger partial charge in [-0.1, -0.05) is 72.8 Å². The number of aromatic nitrogens is 5. The van der Waals surface area contributed by atoms with Crippen LogP contribution in [0.4, 0.5) is 0 Å². The van der Waals surface area contributed by atoms with Gasteiger partial charge in [0.05, 0.1) is 24.1 Å². The van der Waals surface area contributed by atoms with Crippen LogP contribution in [-0.2, 0) is 13.1 Å². The van der Waals surface area contributed by atoms with E-state index in [-0.39, 0.29) is 5.56 Å². The van der Waals surface area contributed by atoms with E-state index in [0.29, 0.717) is 41.1 Å². The van der Waals surface area contributed by atoms with Gasteiger partial charge in [0.15, 0.2) is 11.3 Å². The van der Waals surface area contributed by atoms with Gasteiger partial charge in [0.2, 0.25) is 0 Å². The van der Waals surface area contributed by atoms with Crippen molar-refractivity contribution in [1.82, 2.24) is 24.1 Å². The summed E-state index contributed by atoms with van der Waals surface area (Å²) in [5, 5.41) is 0.515. The molecule has 6 aromatic rings. The molecule has 0 unspecified atom stereocenters. The smallest absolute Gasteiger partial charge is 0.265 e. The Bertz CT molecular complexity index is 1680. The van der Waals surface area contributed by atoms with Crippen molar-refractivity contribution in [2.75, 3.05) is 0 Å². The lowest BCUT2D eigenvalue weighted by Gasteiger charge is -2.11. The summed E-state index contributed by atoms with van der Waals surface area (Å²) < 4.78 is 3.74. The molecule has 0 saturated carbocycles. The van der Waals surface area contributed by atoms with Crippen LogP contribution in [0.2, 0.25) is 0 Å². The maximum atomic E-state index is 13.8. The zero-order valence-electron chi connectivity index (χ0n) is 18.1. The molecule has 33 heavy (non-hydrogen) atoms. The fourth-order valence-electron chi connectivity index (χ4n) is 4.36.